The molecular weight excluding hydrogens is 482 g/mol. The summed E-state index contributed by atoms with van der Waals surface area (Å²) in [6, 6.07) is 17.4. The Hall–Kier alpha value is -4.26. The van der Waals surface area contributed by atoms with E-state index in [-0.39, 0.29) is 24.0 Å². The van der Waals surface area contributed by atoms with E-state index in [0.717, 1.165) is 11.1 Å². The van der Waals surface area contributed by atoms with Crippen LogP contribution in [0.4, 0.5) is 5.69 Å². The van der Waals surface area contributed by atoms with E-state index in [4.69, 9.17) is 14.2 Å². The molecule has 7 nitrogen and oxygen atoms in total. The molecule has 196 valence electrons. The van der Waals surface area contributed by atoms with Crippen molar-refractivity contribution in [2.24, 2.45) is 0 Å². The number of carbonyl (C=O) groups excluding carboxylic acids is 2. The van der Waals surface area contributed by atoms with Gasteiger partial charge in [0.25, 0.3) is 11.7 Å². The van der Waals surface area contributed by atoms with Crippen molar-refractivity contribution in [2.45, 2.75) is 45.6 Å². The van der Waals surface area contributed by atoms with Gasteiger partial charge < -0.3 is 19.3 Å². The molecule has 5 rings (SSSR count). The molecule has 0 aliphatic carbocycles. The Kier molecular flexibility index (Phi) is 6.61. The fraction of sp³-hybridized carbons (Fsp3) is 0.290. The highest BCUT2D eigenvalue weighted by Crippen LogP contribution is 2.45. The average Bonchev–Trinajstić information content (AvgIpc) is 3.49. The van der Waals surface area contributed by atoms with Gasteiger partial charge in [0.2, 0.25) is 6.79 Å². The van der Waals surface area contributed by atoms with Crippen LogP contribution in [-0.4, -0.2) is 30.7 Å². The molecule has 0 saturated carbocycles. The maximum atomic E-state index is 13.5. The van der Waals surface area contributed by atoms with Crippen molar-refractivity contribution < 1.29 is 28.9 Å². The molecule has 3 aromatic rings. The van der Waals surface area contributed by atoms with Crippen LogP contribution in [0.2, 0.25) is 0 Å². The van der Waals surface area contributed by atoms with E-state index >= 15 is 0 Å². The summed E-state index contributed by atoms with van der Waals surface area (Å²) in [5, 5.41) is 11.6. The summed E-state index contributed by atoms with van der Waals surface area (Å²) in [6.07, 6.45) is 0. The molecule has 1 unspecified atom stereocenters. The van der Waals surface area contributed by atoms with Gasteiger partial charge in [-0.05, 0) is 58.9 Å². The number of benzene rings is 3. The molecule has 0 aromatic heterocycles. The lowest BCUT2D eigenvalue weighted by atomic mass is 9.92. The molecule has 2 heterocycles. The second-order valence-corrected chi connectivity index (χ2v) is 10.1. The van der Waals surface area contributed by atoms with Crippen LogP contribution in [0.1, 0.15) is 67.8 Å². The van der Waals surface area contributed by atoms with Crippen LogP contribution in [-0.2, 0) is 9.59 Å². The van der Waals surface area contributed by atoms with E-state index in [1.54, 1.807) is 37.4 Å². The van der Waals surface area contributed by atoms with Gasteiger partial charge >= 0.3 is 0 Å². The number of anilines is 1. The topological polar surface area (TPSA) is 85.3 Å². The molecule has 2 aliphatic heterocycles. The highest BCUT2D eigenvalue weighted by Gasteiger charge is 2.47. The summed E-state index contributed by atoms with van der Waals surface area (Å²) < 4.78 is 16.4. The number of rotatable bonds is 6. The van der Waals surface area contributed by atoms with Gasteiger partial charge in [-0.15, -0.1) is 0 Å². The number of amides is 1. The molecule has 38 heavy (non-hydrogen) atoms. The number of aliphatic hydroxyl groups is 1. The minimum absolute atomic E-state index is 0.0323. The first kappa shape index (κ1) is 25.4. The lowest BCUT2D eigenvalue weighted by molar-refractivity contribution is -0.132. The Morgan fingerprint density at radius 2 is 1.63 bits per heavy atom. The molecule has 7 heteroatoms. The Bertz CT molecular complexity index is 1440. The standard InChI is InChI=1S/C31H31NO6/c1-17(2)19-6-8-20(9-7-19)28-27(29(33)21-10-12-24(36-5)23(14-21)18(3)4)30(34)31(35)32(28)22-11-13-25-26(15-22)38-16-37-25/h6-15,17-18,28,33H,16H2,1-5H3/b29-27+. The normalized spacial score (nSPS) is 18.1. The van der Waals surface area contributed by atoms with Gasteiger partial charge in [0, 0.05) is 17.3 Å². The fourth-order valence-corrected chi connectivity index (χ4v) is 5.00. The molecule has 3 aromatic carbocycles. The molecule has 0 bridgehead atoms. The first-order valence-corrected chi connectivity index (χ1v) is 12.7. The predicted octanol–water partition coefficient (Wildman–Crippen LogP) is 6.30. The Labute approximate surface area is 222 Å². The third-order valence-electron chi connectivity index (χ3n) is 7.12. The van der Waals surface area contributed by atoms with Crippen LogP contribution >= 0.6 is 0 Å². The van der Waals surface area contributed by atoms with Gasteiger partial charge in [0.15, 0.2) is 11.5 Å². The first-order valence-electron chi connectivity index (χ1n) is 12.7. The van der Waals surface area contributed by atoms with Crippen molar-refractivity contribution in [1.29, 1.82) is 0 Å². The fourth-order valence-electron chi connectivity index (χ4n) is 5.00. The lowest BCUT2D eigenvalue weighted by Crippen LogP contribution is -2.29. The van der Waals surface area contributed by atoms with Gasteiger partial charge in [-0.1, -0.05) is 52.0 Å². The van der Waals surface area contributed by atoms with Crippen LogP contribution in [0.3, 0.4) is 0 Å². The van der Waals surface area contributed by atoms with Gasteiger partial charge in [0.1, 0.15) is 11.5 Å². The van der Waals surface area contributed by atoms with Crippen molar-refractivity contribution >= 4 is 23.1 Å². The summed E-state index contributed by atoms with van der Waals surface area (Å²) in [6.45, 7) is 8.34. The summed E-state index contributed by atoms with van der Waals surface area (Å²) in [5.74, 6) is 0.497. The smallest absolute Gasteiger partial charge is 0.300 e. The number of hydrogen-bond acceptors (Lipinski definition) is 6. The van der Waals surface area contributed by atoms with Crippen LogP contribution < -0.4 is 19.1 Å². The number of nitrogens with zero attached hydrogens (tertiary/aromatic N) is 1. The minimum atomic E-state index is -0.832. The highest BCUT2D eigenvalue weighted by atomic mass is 16.7. The number of ether oxygens (including phenoxy) is 3. The molecule has 1 N–H and O–H groups in total. The van der Waals surface area contributed by atoms with E-state index in [2.05, 4.69) is 13.8 Å². The minimum Gasteiger partial charge on any atom is -0.507 e. The Morgan fingerprint density at radius 3 is 2.29 bits per heavy atom. The average molecular weight is 514 g/mol. The number of ketones is 1. The molecular formula is C31H31NO6. The van der Waals surface area contributed by atoms with E-state index in [0.29, 0.717) is 40.0 Å². The first-order chi connectivity index (χ1) is 18.2. The monoisotopic (exact) mass is 513 g/mol. The van der Waals surface area contributed by atoms with Crippen molar-refractivity contribution in [3.05, 3.63) is 88.5 Å². The van der Waals surface area contributed by atoms with Crippen LogP contribution in [0.15, 0.2) is 66.2 Å². The highest BCUT2D eigenvalue weighted by molar-refractivity contribution is 6.51. The predicted molar refractivity (Wildman–Crippen MR) is 145 cm³/mol. The summed E-state index contributed by atoms with van der Waals surface area (Å²) in [5.41, 5.74) is 3.69. The van der Waals surface area contributed by atoms with E-state index in [1.165, 1.54) is 4.90 Å². The van der Waals surface area contributed by atoms with Crippen LogP contribution in [0.25, 0.3) is 5.76 Å². The van der Waals surface area contributed by atoms with Gasteiger partial charge in [-0.2, -0.15) is 0 Å². The zero-order chi connectivity index (χ0) is 27.1. The van der Waals surface area contributed by atoms with E-state index in [1.807, 2.05) is 44.2 Å². The third-order valence-corrected chi connectivity index (χ3v) is 7.12. The number of methoxy groups -OCH3 is 1. The SMILES string of the molecule is COc1ccc(/C(O)=C2\C(=O)C(=O)N(c3ccc4c(c3)OCO4)C2c2ccc(C(C)C)cc2)cc1C(C)C. The molecule has 1 amide bonds. The molecule has 1 saturated heterocycles. The van der Waals surface area contributed by atoms with Gasteiger partial charge in [0.05, 0.1) is 18.7 Å². The summed E-state index contributed by atoms with van der Waals surface area (Å²) in [7, 11) is 1.60. The Balaban J connectivity index is 1.70. The Morgan fingerprint density at radius 1 is 0.921 bits per heavy atom. The van der Waals surface area contributed by atoms with Crippen LogP contribution in [0.5, 0.6) is 17.2 Å². The summed E-state index contributed by atoms with van der Waals surface area (Å²) in [4.78, 5) is 28.5. The molecule has 2 aliphatic rings. The number of hydrogen-bond donors (Lipinski definition) is 1. The second kappa shape index (κ2) is 9.89. The van der Waals surface area contributed by atoms with E-state index < -0.39 is 17.7 Å². The van der Waals surface area contributed by atoms with Gasteiger partial charge in [-0.3, -0.25) is 14.5 Å². The largest absolute Gasteiger partial charge is 0.507 e. The number of fused-ring (bicyclic) bond motifs is 1. The van der Waals surface area contributed by atoms with Crippen molar-refractivity contribution in [2.75, 3.05) is 18.8 Å². The molecule has 0 radical (unpaired) electrons. The maximum absolute atomic E-state index is 13.5. The molecule has 1 fully saturated rings. The number of aliphatic hydroxyl groups excluding tert-OH is 1. The van der Waals surface area contributed by atoms with Crippen molar-refractivity contribution in [3.63, 3.8) is 0 Å². The van der Waals surface area contributed by atoms with Crippen molar-refractivity contribution in [1.82, 2.24) is 0 Å². The third kappa shape index (κ3) is 4.28. The molecule has 1 atom stereocenters. The summed E-state index contributed by atoms with van der Waals surface area (Å²) >= 11 is 0. The molecule has 0 spiro atoms. The number of Topliss-reactive ketones (excluding diaryl/α,β-unsaturated/α-hetero) is 1. The second-order valence-electron chi connectivity index (χ2n) is 10.1. The van der Waals surface area contributed by atoms with Crippen LogP contribution in [0, 0.1) is 0 Å². The lowest BCUT2D eigenvalue weighted by Gasteiger charge is -2.26. The van der Waals surface area contributed by atoms with Crippen molar-refractivity contribution in [3.8, 4) is 17.2 Å². The quantitative estimate of drug-likeness (QED) is 0.237. The maximum Gasteiger partial charge on any atom is 0.300 e. The van der Waals surface area contributed by atoms with Gasteiger partial charge in [-0.25, -0.2) is 0 Å². The zero-order valence-corrected chi connectivity index (χ0v) is 22.1. The number of carbonyl (C=O) groups is 2. The zero-order valence-electron chi connectivity index (χ0n) is 22.1. The van der Waals surface area contributed by atoms with E-state index in [9.17, 15) is 14.7 Å².